The van der Waals surface area contributed by atoms with Crippen molar-refractivity contribution >= 4 is 0 Å². The van der Waals surface area contributed by atoms with Gasteiger partial charge in [-0.05, 0) is 32.5 Å². The van der Waals surface area contributed by atoms with Gasteiger partial charge in [0.25, 0.3) is 0 Å². The number of likely N-dealkylation sites (tertiary alicyclic amines) is 1. The molecule has 0 saturated carbocycles. The fourth-order valence-electron chi connectivity index (χ4n) is 2.65. The Balaban J connectivity index is 2.09. The smallest absolute Gasteiger partial charge is 0.164 e. The quantitative estimate of drug-likeness (QED) is 0.802. The normalized spacial score (nSPS) is 19.9. The van der Waals surface area contributed by atoms with Gasteiger partial charge in [0.05, 0.1) is 13.7 Å². The van der Waals surface area contributed by atoms with Crippen LogP contribution in [0.2, 0.25) is 0 Å². The number of ether oxygens (including phenoxy) is 2. The average molecular weight is 280 g/mol. The molecular formula is C15H24N2O3. The maximum absolute atomic E-state index is 6.13. The van der Waals surface area contributed by atoms with Crippen LogP contribution in [-0.4, -0.2) is 44.9 Å². The van der Waals surface area contributed by atoms with Gasteiger partial charge in [-0.15, -0.1) is 0 Å². The van der Waals surface area contributed by atoms with E-state index in [-0.39, 0.29) is 6.10 Å². The summed E-state index contributed by atoms with van der Waals surface area (Å²) in [6.45, 7) is 2.57. The van der Waals surface area contributed by atoms with E-state index < -0.39 is 0 Å². The van der Waals surface area contributed by atoms with Crippen molar-refractivity contribution in [1.82, 2.24) is 4.90 Å². The number of nitrogens with two attached hydrogens (primary N) is 1. The topological polar surface area (TPSA) is 57.0 Å². The number of benzene rings is 1. The van der Waals surface area contributed by atoms with Gasteiger partial charge < -0.3 is 19.2 Å². The SMILES string of the molecule is COc1c(CCON)cccc1OC1CCCN(C)C1. The van der Waals surface area contributed by atoms with Crippen LogP contribution in [0.4, 0.5) is 0 Å². The number of likely N-dealkylation sites (N-methyl/N-ethyl adjacent to an activating group) is 1. The first-order valence-corrected chi connectivity index (χ1v) is 7.07. The molecule has 5 heteroatoms. The summed E-state index contributed by atoms with van der Waals surface area (Å²) in [5, 5.41) is 0. The van der Waals surface area contributed by atoms with Crippen molar-refractivity contribution in [3.05, 3.63) is 23.8 Å². The van der Waals surface area contributed by atoms with Crippen molar-refractivity contribution in [2.45, 2.75) is 25.4 Å². The number of nitrogens with zero attached hydrogens (tertiary/aromatic N) is 1. The van der Waals surface area contributed by atoms with Crippen LogP contribution in [0.3, 0.4) is 0 Å². The molecule has 1 unspecified atom stereocenters. The van der Waals surface area contributed by atoms with Crippen LogP contribution in [0, 0.1) is 0 Å². The Kier molecular flexibility index (Phi) is 5.64. The lowest BCUT2D eigenvalue weighted by molar-refractivity contribution is 0.101. The zero-order valence-corrected chi connectivity index (χ0v) is 12.3. The van der Waals surface area contributed by atoms with E-state index in [4.69, 9.17) is 15.4 Å². The molecule has 0 amide bonds. The fourth-order valence-corrected chi connectivity index (χ4v) is 2.65. The number of para-hydroxylation sites is 1. The lowest BCUT2D eigenvalue weighted by Gasteiger charge is -2.30. The molecule has 2 N–H and O–H groups in total. The van der Waals surface area contributed by atoms with Gasteiger partial charge in [-0.3, -0.25) is 0 Å². The summed E-state index contributed by atoms with van der Waals surface area (Å²) in [6.07, 6.45) is 3.19. The van der Waals surface area contributed by atoms with Crippen LogP contribution < -0.4 is 15.4 Å². The third-order valence-electron chi connectivity index (χ3n) is 3.63. The van der Waals surface area contributed by atoms with Crippen LogP contribution in [0.25, 0.3) is 0 Å². The predicted molar refractivity (Wildman–Crippen MR) is 78.0 cm³/mol. The molecule has 0 aromatic heterocycles. The molecule has 0 radical (unpaired) electrons. The van der Waals surface area contributed by atoms with Crippen LogP contribution in [-0.2, 0) is 11.3 Å². The first-order chi connectivity index (χ1) is 9.74. The van der Waals surface area contributed by atoms with Crippen molar-refractivity contribution in [3.8, 4) is 11.5 Å². The zero-order valence-electron chi connectivity index (χ0n) is 12.3. The highest BCUT2D eigenvalue weighted by Crippen LogP contribution is 2.33. The molecule has 112 valence electrons. The molecular weight excluding hydrogens is 256 g/mol. The number of methoxy groups -OCH3 is 1. The van der Waals surface area contributed by atoms with Crippen LogP contribution in [0.15, 0.2) is 18.2 Å². The standard InChI is InChI=1S/C15H24N2O3/c1-17-9-4-6-13(11-17)20-14-7-3-5-12(8-10-19-16)15(14)18-2/h3,5,7,13H,4,6,8-11,16H2,1-2H3. The first kappa shape index (κ1) is 15.1. The highest BCUT2D eigenvalue weighted by Gasteiger charge is 2.20. The first-order valence-electron chi connectivity index (χ1n) is 7.07. The van der Waals surface area contributed by atoms with E-state index in [0.29, 0.717) is 13.0 Å². The summed E-state index contributed by atoms with van der Waals surface area (Å²) in [5.74, 6) is 6.69. The predicted octanol–water partition coefficient (Wildman–Crippen LogP) is 1.60. The Labute approximate surface area is 120 Å². The highest BCUT2D eigenvalue weighted by atomic mass is 16.6. The third kappa shape index (κ3) is 3.85. The maximum Gasteiger partial charge on any atom is 0.164 e. The molecule has 1 aliphatic heterocycles. The summed E-state index contributed by atoms with van der Waals surface area (Å²) >= 11 is 0. The second-order valence-corrected chi connectivity index (χ2v) is 5.21. The fraction of sp³-hybridized carbons (Fsp3) is 0.600. The van der Waals surface area contributed by atoms with Gasteiger partial charge in [-0.1, -0.05) is 12.1 Å². The Hall–Kier alpha value is -1.30. The Morgan fingerprint density at radius 3 is 2.95 bits per heavy atom. The molecule has 0 aliphatic carbocycles. The van der Waals surface area contributed by atoms with E-state index in [1.54, 1.807) is 7.11 Å². The second-order valence-electron chi connectivity index (χ2n) is 5.21. The van der Waals surface area contributed by atoms with Crippen molar-refractivity contribution in [1.29, 1.82) is 0 Å². The molecule has 2 rings (SSSR count). The number of hydrogen-bond acceptors (Lipinski definition) is 5. The third-order valence-corrected chi connectivity index (χ3v) is 3.63. The molecule has 1 atom stereocenters. The summed E-state index contributed by atoms with van der Waals surface area (Å²) in [4.78, 5) is 6.94. The molecule has 0 bridgehead atoms. The van der Waals surface area contributed by atoms with Gasteiger partial charge in [0, 0.05) is 18.5 Å². The molecule has 1 aromatic carbocycles. The van der Waals surface area contributed by atoms with Gasteiger partial charge in [0.15, 0.2) is 11.5 Å². The summed E-state index contributed by atoms with van der Waals surface area (Å²) in [6, 6.07) is 5.95. The molecule has 1 aromatic rings. The average Bonchev–Trinajstić information content (AvgIpc) is 2.45. The maximum atomic E-state index is 6.13. The Morgan fingerprint density at radius 1 is 1.40 bits per heavy atom. The minimum Gasteiger partial charge on any atom is -0.493 e. The van der Waals surface area contributed by atoms with Crippen LogP contribution in [0.5, 0.6) is 11.5 Å². The highest BCUT2D eigenvalue weighted by molar-refractivity contribution is 5.46. The Morgan fingerprint density at radius 2 is 2.25 bits per heavy atom. The number of rotatable bonds is 6. The minimum atomic E-state index is 0.226. The van der Waals surface area contributed by atoms with Gasteiger partial charge >= 0.3 is 0 Å². The number of piperidine rings is 1. The van der Waals surface area contributed by atoms with Gasteiger partial charge in [0.2, 0.25) is 0 Å². The van der Waals surface area contributed by atoms with Crippen molar-refractivity contribution in [3.63, 3.8) is 0 Å². The van der Waals surface area contributed by atoms with E-state index in [1.807, 2.05) is 18.2 Å². The molecule has 5 nitrogen and oxygen atoms in total. The van der Waals surface area contributed by atoms with Gasteiger partial charge in [0.1, 0.15) is 6.10 Å². The lowest BCUT2D eigenvalue weighted by Crippen LogP contribution is -2.38. The lowest BCUT2D eigenvalue weighted by atomic mass is 10.1. The zero-order chi connectivity index (χ0) is 14.4. The van der Waals surface area contributed by atoms with Gasteiger partial charge in [-0.2, -0.15) is 0 Å². The Bertz CT molecular complexity index is 426. The summed E-state index contributed by atoms with van der Waals surface area (Å²) in [5.41, 5.74) is 1.06. The summed E-state index contributed by atoms with van der Waals surface area (Å²) in [7, 11) is 3.80. The largest absolute Gasteiger partial charge is 0.493 e. The van der Waals surface area contributed by atoms with E-state index >= 15 is 0 Å². The van der Waals surface area contributed by atoms with Crippen LogP contribution in [0.1, 0.15) is 18.4 Å². The van der Waals surface area contributed by atoms with E-state index in [2.05, 4.69) is 16.8 Å². The van der Waals surface area contributed by atoms with Gasteiger partial charge in [-0.25, -0.2) is 5.90 Å². The van der Waals surface area contributed by atoms with Crippen molar-refractivity contribution < 1.29 is 14.3 Å². The number of hydrogen-bond donors (Lipinski definition) is 1. The molecule has 1 saturated heterocycles. The molecule has 1 fully saturated rings. The molecule has 1 aliphatic rings. The second kappa shape index (κ2) is 7.47. The monoisotopic (exact) mass is 280 g/mol. The van der Waals surface area contributed by atoms with E-state index in [9.17, 15) is 0 Å². The van der Waals surface area contributed by atoms with E-state index in [1.165, 1.54) is 6.42 Å². The van der Waals surface area contributed by atoms with Crippen molar-refractivity contribution in [2.24, 2.45) is 5.90 Å². The van der Waals surface area contributed by atoms with Crippen LogP contribution >= 0.6 is 0 Å². The van der Waals surface area contributed by atoms with Crippen molar-refractivity contribution in [2.75, 3.05) is 33.9 Å². The minimum absolute atomic E-state index is 0.226. The summed E-state index contributed by atoms with van der Waals surface area (Å²) < 4.78 is 11.6. The molecule has 1 heterocycles. The molecule has 20 heavy (non-hydrogen) atoms. The molecule has 0 spiro atoms. The van der Waals surface area contributed by atoms with E-state index in [0.717, 1.165) is 36.6 Å².